The number of nitrogens with zero attached hydrogens (tertiary/aromatic N) is 1. The number of ether oxygens (including phenoxy) is 1. The van der Waals surface area contributed by atoms with Crippen LogP contribution in [0.25, 0.3) is 0 Å². The number of carboxylic acids is 1. The van der Waals surface area contributed by atoms with Crippen molar-refractivity contribution in [2.24, 2.45) is 0 Å². The van der Waals surface area contributed by atoms with Gasteiger partial charge < -0.3 is 9.84 Å². The second kappa shape index (κ2) is 8.07. The molecule has 0 aromatic heterocycles. The van der Waals surface area contributed by atoms with Crippen LogP contribution in [0.15, 0.2) is 65.6 Å². The van der Waals surface area contributed by atoms with E-state index >= 15 is 0 Å². The van der Waals surface area contributed by atoms with Crippen molar-refractivity contribution in [3.05, 3.63) is 66.2 Å². The maximum Gasteiger partial charge on any atom is 0.410 e. The van der Waals surface area contributed by atoms with Crippen LogP contribution in [0.3, 0.4) is 0 Å². The zero-order valence-corrected chi connectivity index (χ0v) is 14.4. The fraction of sp³-hybridized carbons (Fsp3) is 0.263. The van der Waals surface area contributed by atoms with E-state index in [0.29, 0.717) is 13.0 Å². The van der Waals surface area contributed by atoms with Gasteiger partial charge in [-0.25, -0.2) is 9.59 Å². The van der Waals surface area contributed by atoms with E-state index in [2.05, 4.69) is 0 Å². The summed E-state index contributed by atoms with van der Waals surface area (Å²) in [6, 6.07) is 18.3. The topological polar surface area (TPSA) is 66.8 Å². The Morgan fingerprint density at radius 2 is 1.72 bits per heavy atom. The van der Waals surface area contributed by atoms with Gasteiger partial charge in [0.1, 0.15) is 12.6 Å². The Kier molecular flexibility index (Phi) is 5.60. The molecule has 0 spiro atoms. The first-order valence-electron chi connectivity index (χ1n) is 8.05. The van der Waals surface area contributed by atoms with Gasteiger partial charge in [-0.3, -0.25) is 4.90 Å². The van der Waals surface area contributed by atoms with Crippen LogP contribution in [-0.4, -0.2) is 39.9 Å². The summed E-state index contributed by atoms with van der Waals surface area (Å²) in [7, 11) is 0. The number of amides is 1. The van der Waals surface area contributed by atoms with E-state index in [0.717, 1.165) is 10.5 Å². The predicted octanol–water partition coefficient (Wildman–Crippen LogP) is 3.64. The molecule has 2 aromatic carbocycles. The maximum atomic E-state index is 12.4. The molecule has 1 fully saturated rings. The summed E-state index contributed by atoms with van der Waals surface area (Å²) >= 11 is 1.60. The lowest BCUT2D eigenvalue weighted by atomic mass is 10.2. The Hall–Kier alpha value is -2.47. The Morgan fingerprint density at radius 3 is 2.36 bits per heavy atom. The molecule has 1 aliphatic heterocycles. The van der Waals surface area contributed by atoms with Crippen molar-refractivity contribution in [3.63, 3.8) is 0 Å². The van der Waals surface area contributed by atoms with Crippen molar-refractivity contribution in [3.8, 4) is 0 Å². The van der Waals surface area contributed by atoms with Crippen molar-refractivity contribution in [2.75, 3.05) is 6.54 Å². The molecule has 1 heterocycles. The van der Waals surface area contributed by atoms with E-state index in [4.69, 9.17) is 4.74 Å². The second-order valence-corrected chi connectivity index (χ2v) is 7.21. The third-order valence-electron chi connectivity index (χ3n) is 4.03. The number of benzene rings is 2. The average Bonchev–Trinajstić information content (AvgIpc) is 3.06. The Labute approximate surface area is 150 Å². The third kappa shape index (κ3) is 4.54. The number of hydrogen-bond donors (Lipinski definition) is 1. The Morgan fingerprint density at radius 1 is 1.08 bits per heavy atom. The van der Waals surface area contributed by atoms with Crippen molar-refractivity contribution < 1.29 is 19.4 Å². The van der Waals surface area contributed by atoms with Crippen LogP contribution in [0.1, 0.15) is 12.0 Å². The van der Waals surface area contributed by atoms with Gasteiger partial charge in [0.2, 0.25) is 0 Å². The summed E-state index contributed by atoms with van der Waals surface area (Å²) in [5.41, 5.74) is 0.872. The van der Waals surface area contributed by atoms with Gasteiger partial charge >= 0.3 is 12.1 Å². The highest BCUT2D eigenvalue weighted by Crippen LogP contribution is 2.33. The van der Waals surface area contributed by atoms with E-state index in [-0.39, 0.29) is 11.9 Å². The average molecular weight is 357 g/mol. The van der Waals surface area contributed by atoms with Crippen LogP contribution in [0, 0.1) is 0 Å². The number of carbonyl (C=O) groups excluding carboxylic acids is 1. The largest absolute Gasteiger partial charge is 0.480 e. The van der Waals surface area contributed by atoms with E-state index in [1.54, 1.807) is 11.8 Å². The number of aliphatic carboxylic acids is 1. The molecule has 0 radical (unpaired) electrons. The minimum Gasteiger partial charge on any atom is -0.480 e. The molecule has 0 bridgehead atoms. The van der Waals surface area contributed by atoms with Crippen LogP contribution in [0.5, 0.6) is 0 Å². The maximum absolute atomic E-state index is 12.4. The van der Waals surface area contributed by atoms with E-state index in [1.165, 1.54) is 4.90 Å². The Bertz CT molecular complexity index is 723. The highest BCUT2D eigenvalue weighted by Gasteiger charge is 2.40. The number of carboxylic acid groups (broad SMARTS) is 1. The molecule has 1 saturated heterocycles. The third-order valence-corrected chi connectivity index (χ3v) is 5.25. The second-order valence-electron chi connectivity index (χ2n) is 5.84. The van der Waals surface area contributed by atoms with Crippen LogP contribution in [0.4, 0.5) is 4.79 Å². The molecule has 130 valence electrons. The number of rotatable bonds is 5. The van der Waals surface area contributed by atoms with E-state index in [1.807, 2.05) is 60.7 Å². The molecule has 1 N–H and O–H groups in total. The van der Waals surface area contributed by atoms with E-state index in [9.17, 15) is 14.7 Å². The standard InChI is InChI=1S/C19H19NO4S/c21-18(22)17-11-16(25-15-9-5-2-6-10-15)12-20(17)19(23)24-13-14-7-3-1-4-8-14/h1-10,16-17H,11-13H2,(H,21,22)/t16?,17-/m0/s1. The summed E-state index contributed by atoms with van der Waals surface area (Å²) in [5.74, 6) is -0.993. The van der Waals surface area contributed by atoms with Gasteiger partial charge in [-0.05, 0) is 24.1 Å². The first kappa shape index (κ1) is 17.4. The van der Waals surface area contributed by atoms with Crippen molar-refractivity contribution in [1.82, 2.24) is 4.90 Å². The van der Waals surface area contributed by atoms with E-state index < -0.39 is 18.1 Å². The van der Waals surface area contributed by atoms with Crippen molar-refractivity contribution >= 4 is 23.8 Å². The molecule has 1 aliphatic rings. The zero-order chi connectivity index (χ0) is 17.6. The summed E-state index contributed by atoms with van der Waals surface area (Å²) in [6.07, 6.45) is -0.164. The lowest BCUT2D eigenvalue weighted by Crippen LogP contribution is -2.40. The van der Waals surface area contributed by atoms with Crippen LogP contribution >= 0.6 is 11.8 Å². The lowest BCUT2D eigenvalue weighted by Gasteiger charge is -2.20. The number of likely N-dealkylation sites (tertiary alicyclic amines) is 1. The highest BCUT2D eigenvalue weighted by atomic mass is 32.2. The number of carbonyl (C=O) groups is 2. The first-order valence-corrected chi connectivity index (χ1v) is 8.93. The molecule has 0 saturated carbocycles. The fourth-order valence-corrected chi connectivity index (χ4v) is 4.03. The number of thioether (sulfide) groups is 1. The molecular weight excluding hydrogens is 338 g/mol. The smallest absolute Gasteiger partial charge is 0.410 e. The molecule has 3 rings (SSSR count). The van der Waals surface area contributed by atoms with Gasteiger partial charge in [0, 0.05) is 16.7 Å². The van der Waals surface area contributed by atoms with Gasteiger partial charge in [0.15, 0.2) is 0 Å². The normalized spacial score (nSPS) is 19.6. The molecular formula is C19H19NO4S. The molecule has 6 heteroatoms. The summed E-state index contributed by atoms with van der Waals surface area (Å²) in [6.45, 7) is 0.503. The van der Waals surface area contributed by atoms with Crippen molar-refractivity contribution in [2.45, 2.75) is 29.2 Å². The molecule has 25 heavy (non-hydrogen) atoms. The van der Waals surface area contributed by atoms with Gasteiger partial charge in [0.25, 0.3) is 0 Å². The number of hydrogen-bond acceptors (Lipinski definition) is 4. The fourth-order valence-electron chi connectivity index (χ4n) is 2.81. The monoisotopic (exact) mass is 357 g/mol. The quantitative estimate of drug-likeness (QED) is 0.885. The predicted molar refractivity (Wildman–Crippen MR) is 95.5 cm³/mol. The molecule has 1 unspecified atom stereocenters. The van der Waals surface area contributed by atoms with Crippen molar-refractivity contribution in [1.29, 1.82) is 0 Å². The molecule has 2 atom stereocenters. The summed E-state index contributed by atoms with van der Waals surface area (Å²) in [5, 5.41) is 9.48. The van der Waals surface area contributed by atoms with Crippen LogP contribution < -0.4 is 0 Å². The van der Waals surface area contributed by atoms with Gasteiger partial charge in [0.05, 0.1) is 0 Å². The summed E-state index contributed by atoms with van der Waals surface area (Å²) in [4.78, 5) is 26.3. The summed E-state index contributed by atoms with van der Waals surface area (Å²) < 4.78 is 5.31. The zero-order valence-electron chi connectivity index (χ0n) is 13.6. The minimum atomic E-state index is -0.993. The van der Waals surface area contributed by atoms with Gasteiger partial charge in [-0.2, -0.15) is 0 Å². The SMILES string of the molecule is O=C(O)[C@@H]1CC(Sc2ccccc2)CN1C(=O)OCc1ccccc1. The van der Waals surface area contributed by atoms with Gasteiger partial charge in [-0.15, -0.1) is 11.8 Å². The molecule has 2 aromatic rings. The van der Waals surface area contributed by atoms with Crippen LogP contribution in [0.2, 0.25) is 0 Å². The highest BCUT2D eigenvalue weighted by molar-refractivity contribution is 8.00. The Balaban J connectivity index is 1.62. The van der Waals surface area contributed by atoms with Gasteiger partial charge in [-0.1, -0.05) is 48.5 Å². The molecule has 1 amide bonds. The molecule has 0 aliphatic carbocycles. The van der Waals surface area contributed by atoms with Crippen LogP contribution in [-0.2, 0) is 16.1 Å². The minimum absolute atomic E-state index is 0.0350. The lowest BCUT2D eigenvalue weighted by molar-refractivity contribution is -0.141. The first-order chi connectivity index (χ1) is 12.1. The molecule has 5 nitrogen and oxygen atoms in total.